The lowest BCUT2D eigenvalue weighted by Gasteiger charge is -2.27. The molecule has 0 spiro atoms. The van der Waals surface area contributed by atoms with Crippen LogP contribution in [0.3, 0.4) is 0 Å². The van der Waals surface area contributed by atoms with E-state index in [-0.39, 0.29) is 5.91 Å². The molecule has 1 aliphatic rings. The van der Waals surface area contributed by atoms with Gasteiger partial charge in [0.1, 0.15) is 12.4 Å². The number of amides is 1. The van der Waals surface area contributed by atoms with Crippen LogP contribution in [0.2, 0.25) is 0 Å². The van der Waals surface area contributed by atoms with Crippen LogP contribution in [-0.4, -0.2) is 19.1 Å². The average Bonchev–Trinajstić information content (AvgIpc) is 2.27. The van der Waals surface area contributed by atoms with Gasteiger partial charge in [0.2, 0.25) is 0 Å². The van der Waals surface area contributed by atoms with Crippen molar-refractivity contribution in [2.75, 3.05) is 18.1 Å². The van der Waals surface area contributed by atoms with Crippen molar-refractivity contribution in [3.8, 4) is 18.1 Å². The fraction of sp³-hybridized carbons (Fsp3) is 0.182. The molecule has 0 fully saturated rings. The van der Waals surface area contributed by atoms with Crippen molar-refractivity contribution in [2.45, 2.75) is 0 Å². The van der Waals surface area contributed by atoms with Gasteiger partial charge in [-0.25, -0.2) is 0 Å². The van der Waals surface area contributed by atoms with Crippen LogP contribution >= 0.6 is 0 Å². The molecule has 0 aromatic heterocycles. The Morgan fingerprint density at radius 3 is 3.07 bits per heavy atom. The number of hydrogen-bond acceptors (Lipinski definition) is 2. The molecule has 1 aromatic rings. The molecule has 14 heavy (non-hydrogen) atoms. The molecule has 0 unspecified atom stereocenters. The molecular weight excluding hydrogens is 178 g/mol. The zero-order chi connectivity index (χ0) is 9.97. The number of terminal acetylenes is 1. The van der Waals surface area contributed by atoms with Gasteiger partial charge in [0.25, 0.3) is 0 Å². The summed E-state index contributed by atoms with van der Waals surface area (Å²) in [6, 6.07) is 7.36. The van der Waals surface area contributed by atoms with Crippen LogP contribution in [0.15, 0.2) is 24.3 Å². The fourth-order valence-corrected chi connectivity index (χ4v) is 1.46. The van der Waals surface area contributed by atoms with E-state index in [4.69, 9.17) is 11.2 Å². The SMILES string of the molecule is C#CC(=O)N1CCOc2ccccc21. The average molecular weight is 187 g/mol. The Labute approximate surface area is 82.3 Å². The molecule has 1 amide bonds. The molecule has 1 aromatic carbocycles. The molecule has 1 aliphatic heterocycles. The number of para-hydroxylation sites is 2. The molecule has 0 aliphatic carbocycles. The van der Waals surface area contributed by atoms with Crippen molar-refractivity contribution in [1.82, 2.24) is 0 Å². The molecule has 3 heteroatoms. The first kappa shape index (κ1) is 8.64. The van der Waals surface area contributed by atoms with Crippen LogP contribution in [0.5, 0.6) is 5.75 Å². The zero-order valence-electron chi connectivity index (χ0n) is 7.56. The van der Waals surface area contributed by atoms with E-state index in [1.165, 1.54) is 0 Å². The highest BCUT2D eigenvalue weighted by Gasteiger charge is 2.21. The van der Waals surface area contributed by atoms with Gasteiger partial charge in [0.05, 0.1) is 12.2 Å². The summed E-state index contributed by atoms with van der Waals surface area (Å²) in [5, 5.41) is 0. The van der Waals surface area contributed by atoms with E-state index in [9.17, 15) is 4.79 Å². The molecule has 2 rings (SSSR count). The van der Waals surface area contributed by atoms with Crippen LogP contribution in [0.4, 0.5) is 5.69 Å². The normalized spacial score (nSPS) is 13.8. The maximum Gasteiger partial charge on any atom is 0.302 e. The van der Waals surface area contributed by atoms with Crippen molar-refractivity contribution in [3.63, 3.8) is 0 Å². The van der Waals surface area contributed by atoms with E-state index in [1.54, 1.807) is 4.90 Å². The predicted octanol–water partition coefficient (Wildman–Crippen LogP) is 1.05. The van der Waals surface area contributed by atoms with Gasteiger partial charge in [-0.1, -0.05) is 12.1 Å². The molecule has 1 heterocycles. The summed E-state index contributed by atoms with van der Waals surface area (Å²) in [6.45, 7) is 1.00. The van der Waals surface area contributed by atoms with Crippen LogP contribution in [0, 0.1) is 12.3 Å². The van der Waals surface area contributed by atoms with E-state index >= 15 is 0 Å². The Hall–Kier alpha value is -1.95. The fourth-order valence-electron chi connectivity index (χ4n) is 1.46. The van der Waals surface area contributed by atoms with Crippen LogP contribution in [0.1, 0.15) is 0 Å². The summed E-state index contributed by atoms with van der Waals surface area (Å²) in [5.41, 5.74) is 0.752. The molecule has 0 saturated heterocycles. The second-order valence-electron chi connectivity index (χ2n) is 2.92. The van der Waals surface area contributed by atoms with Crippen molar-refractivity contribution < 1.29 is 9.53 Å². The minimum atomic E-state index is -0.319. The van der Waals surface area contributed by atoms with Crippen LogP contribution in [0.25, 0.3) is 0 Å². The number of rotatable bonds is 0. The number of nitrogens with zero attached hydrogens (tertiary/aromatic N) is 1. The third-order valence-corrected chi connectivity index (χ3v) is 2.10. The lowest BCUT2D eigenvalue weighted by atomic mass is 10.2. The Balaban J connectivity index is 2.41. The standard InChI is InChI=1S/C11H9NO2/c1-2-11(13)12-7-8-14-10-6-4-3-5-9(10)12/h1,3-6H,7-8H2. The number of ether oxygens (including phenoxy) is 1. The lowest BCUT2D eigenvalue weighted by Crippen LogP contribution is -2.36. The number of carbonyl (C=O) groups excluding carboxylic acids is 1. The van der Waals surface area contributed by atoms with Gasteiger partial charge in [0, 0.05) is 0 Å². The third-order valence-electron chi connectivity index (χ3n) is 2.10. The van der Waals surface area contributed by atoms with Gasteiger partial charge in [-0.05, 0) is 18.1 Å². The van der Waals surface area contributed by atoms with Crippen molar-refractivity contribution >= 4 is 11.6 Å². The number of benzene rings is 1. The topological polar surface area (TPSA) is 29.5 Å². The van der Waals surface area contributed by atoms with Crippen molar-refractivity contribution in [3.05, 3.63) is 24.3 Å². The van der Waals surface area contributed by atoms with E-state index in [0.717, 1.165) is 5.69 Å². The molecule has 0 N–H and O–H groups in total. The van der Waals surface area contributed by atoms with E-state index in [1.807, 2.05) is 24.3 Å². The molecule has 0 saturated carbocycles. The second-order valence-corrected chi connectivity index (χ2v) is 2.92. The molecule has 70 valence electrons. The number of hydrogen-bond donors (Lipinski definition) is 0. The van der Waals surface area contributed by atoms with Crippen LogP contribution in [-0.2, 0) is 4.79 Å². The summed E-state index contributed by atoms with van der Waals surface area (Å²) < 4.78 is 5.39. The minimum Gasteiger partial charge on any atom is -0.490 e. The summed E-state index contributed by atoms with van der Waals surface area (Å²) >= 11 is 0. The first-order valence-corrected chi connectivity index (χ1v) is 4.33. The third kappa shape index (κ3) is 1.31. The highest BCUT2D eigenvalue weighted by Crippen LogP contribution is 2.30. The summed E-state index contributed by atoms with van der Waals surface area (Å²) in [6.07, 6.45) is 5.08. The molecular formula is C11H9NO2. The largest absolute Gasteiger partial charge is 0.490 e. The van der Waals surface area contributed by atoms with E-state index in [0.29, 0.717) is 18.9 Å². The second kappa shape index (κ2) is 3.43. The highest BCUT2D eigenvalue weighted by atomic mass is 16.5. The van der Waals surface area contributed by atoms with Gasteiger partial charge in [0.15, 0.2) is 0 Å². The summed E-state index contributed by atoms with van der Waals surface area (Å²) in [7, 11) is 0. The monoisotopic (exact) mass is 187 g/mol. The molecule has 0 atom stereocenters. The number of fused-ring (bicyclic) bond motifs is 1. The van der Waals surface area contributed by atoms with Gasteiger partial charge >= 0.3 is 5.91 Å². The first-order valence-electron chi connectivity index (χ1n) is 4.33. The minimum absolute atomic E-state index is 0.319. The lowest BCUT2D eigenvalue weighted by molar-refractivity contribution is -0.113. The van der Waals surface area contributed by atoms with E-state index in [2.05, 4.69) is 5.92 Å². The zero-order valence-corrected chi connectivity index (χ0v) is 7.56. The first-order chi connectivity index (χ1) is 6.83. The molecule has 0 bridgehead atoms. The maximum atomic E-state index is 11.4. The van der Waals surface area contributed by atoms with Gasteiger partial charge < -0.3 is 4.74 Å². The summed E-state index contributed by atoms with van der Waals surface area (Å²) in [4.78, 5) is 12.9. The predicted molar refractivity (Wildman–Crippen MR) is 53.1 cm³/mol. The summed E-state index contributed by atoms with van der Waals surface area (Å²) in [5.74, 6) is 2.50. The maximum absolute atomic E-state index is 11.4. The van der Waals surface area contributed by atoms with Gasteiger partial charge in [-0.2, -0.15) is 0 Å². The van der Waals surface area contributed by atoms with Gasteiger partial charge in [-0.3, -0.25) is 9.69 Å². The van der Waals surface area contributed by atoms with Crippen molar-refractivity contribution in [2.24, 2.45) is 0 Å². The highest BCUT2D eigenvalue weighted by molar-refractivity contribution is 6.06. The Bertz CT molecular complexity index is 406. The Morgan fingerprint density at radius 1 is 1.50 bits per heavy atom. The van der Waals surface area contributed by atoms with E-state index < -0.39 is 0 Å². The quantitative estimate of drug-likeness (QED) is 0.568. The number of anilines is 1. The van der Waals surface area contributed by atoms with Crippen LogP contribution < -0.4 is 9.64 Å². The molecule has 0 radical (unpaired) electrons. The van der Waals surface area contributed by atoms with Gasteiger partial charge in [-0.15, -0.1) is 6.42 Å². The Kier molecular flexibility index (Phi) is 2.11. The molecule has 3 nitrogen and oxygen atoms in total. The number of carbonyl (C=O) groups is 1. The smallest absolute Gasteiger partial charge is 0.302 e. The van der Waals surface area contributed by atoms with Crippen molar-refractivity contribution in [1.29, 1.82) is 0 Å². The Morgan fingerprint density at radius 2 is 2.29 bits per heavy atom.